The minimum absolute atomic E-state index is 0.392. The molecular formula is C12H13FN4. The van der Waals surface area contributed by atoms with Gasteiger partial charge in [0.25, 0.3) is 0 Å². The first-order valence-corrected chi connectivity index (χ1v) is 5.36. The van der Waals surface area contributed by atoms with Crippen molar-refractivity contribution in [2.24, 2.45) is 0 Å². The lowest BCUT2D eigenvalue weighted by Gasteiger charge is -2.09. The van der Waals surface area contributed by atoms with Gasteiger partial charge in [-0.15, -0.1) is 0 Å². The molecule has 0 saturated carbocycles. The second-order valence-electron chi connectivity index (χ2n) is 3.71. The number of halogens is 1. The summed E-state index contributed by atoms with van der Waals surface area (Å²) in [5.41, 5.74) is 7.42. The number of nitrogens with two attached hydrogens (primary N) is 1. The summed E-state index contributed by atoms with van der Waals surface area (Å²) in [4.78, 5) is 12.2. The van der Waals surface area contributed by atoms with Crippen molar-refractivity contribution in [3.05, 3.63) is 35.7 Å². The molecule has 0 aliphatic rings. The van der Waals surface area contributed by atoms with Gasteiger partial charge >= 0.3 is 0 Å². The van der Waals surface area contributed by atoms with Crippen LogP contribution in [0.1, 0.15) is 18.3 Å². The largest absolute Gasteiger partial charge is 0.383 e. The highest BCUT2D eigenvalue weighted by Crippen LogP contribution is 2.26. The lowest BCUT2D eigenvalue weighted by molar-refractivity contribution is 0.624. The molecule has 0 spiro atoms. The highest BCUT2D eigenvalue weighted by atomic mass is 19.1. The molecule has 4 nitrogen and oxygen atoms in total. The maximum absolute atomic E-state index is 13.7. The summed E-state index contributed by atoms with van der Waals surface area (Å²) in [5, 5.41) is 0. The van der Waals surface area contributed by atoms with E-state index in [2.05, 4.69) is 15.0 Å². The number of nitrogens with zero attached hydrogens (tertiary/aromatic N) is 3. The number of aryl methyl sites for hydroxylation is 1. The second kappa shape index (κ2) is 4.45. The van der Waals surface area contributed by atoms with Gasteiger partial charge in [-0.3, -0.25) is 4.98 Å². The molecule has 2 rings (SSSR count). The zero-order valence-corrected chi connectivity index (χ0v) is 9.74. The monoisotopic (exact) mass is 232 g/mol. The Morgan fingerprint density at radius 1 is 1.35 bits per heavy atom. The van der Waals surface area contributed by atoms with Crippen molar-refractivity contribution >= 4 is 5.82 Å². The Bertz CT molecular complexity index is 554. The van der Waals surface area contributed by atoms with Crippen LogP contribution in [0.25, 0.3) is 11.3 Å². The zero-order valence-electron chi connectivity index (χ0n) is 9.74. The molecule has 0 amide bonds. The molecule has 0 aromatic carbocycles. The van der Waals surface area contributed by atoms with Crippen LogP contribution in [0.3, 0.4) is 0 Å². The van der Waals surface area contributed by atoms with Crippen molar-refractivity contribution in [1.29, 1.82) is 0 Å². The number of pyridine rings is 1. The van der Waals surface area contributed by atoms with Crippen molar-refractivity contribution < 1.29 is 4.39 Å². The van der Waals surface area contributed by atoms with Crippen LogP contribution in [-0.2, 0) is 6.42 Å². The van der Waals surface area contributed by atoms with Gasteiger partial charge < -0.3 is 5.73 Å². The third-order valence-electron chi connectivity index (χ3n) is 2.57. The lowest BCUT2D eigenvalue weighted by atomic mass is 10.1. The Hall–Kier alpha value is -2.04. The number of hydrogen-bond donors (Lipinski definition) is 1. The van der Waals surface area contributed by atoms with Crippen LogP contribution >= 0.6 is 0 Å². The molecule has 0 aliphatic heterocycles. The van der Waals surface area contributed by atoms with Gasteiger partial charge in [0.05, 0.1) is 11.9 Å². The van der Waals surface area contributed by atoms with Gasteiger partial charge in [0.2, 0.25) is 0 Å². The van der Waals surface area contributed by atoms with Crippen molar-refractivity contribution in [2.75, 3.05) is 5.73 Å². The van der Waals surface area contributed by atoms with Crippen LogP contribution < -0.4 is 5.73 Å². The highest BCUT2D eigenvalue weighted by molar-refractivity contribution is 5.67. The predicted molar refractivity (Wildman–Crippen MR) is 63.7 cm³/mol. The molecule has 17 heavy (non-hydrogen) atoms. The van der Waals surface area contributed by atoms with Crippen LogP contribution in [0, 0.1) is 12.7 Å². The molecule has 2 heterocycles. The molecule has 0 saturated heterocycles. The van der Waals surface area contributed by atoms with E-state index in [-0.39, 0.29) is 0 Å². The number of hydrogen-bond acceptors (Lipinski definition) is 4. The molecule has 0 fully saturated rings. The molecule has 0 unspecified atom stereocenters. The Morgan fingerprint density at radius 2 is 2.12 bits per heavy atom. The van der Waals surface area contributed by atoms with Gasteiger partial charge in [0.1, 0.15) is 11.6 Å². The quantitative estimate of drug-likeness (QED) is 0.861. The SMILES string of the molecule is CCc1nc(N)c(C)c(-c2ccncc2F)n1. The molecular weight excluding hydrogens is 219 g/mol. The standard InChI is InChI=1S/C12H13FN4/c1-3-10-16-11(7(2)12(14)17-10)8-4-5-15-6-9(8)13/h4-6H,3H2,1-2H3,(H2,14,16,17). The third-order valence-corrected chi connectivity index (χ3v) is 2.57. The number of rotatable bonds is 2. The first-order chi connectivity index (χ1) is 8.13. The molecule has 2 aromatic heterocycles. The Balaban J connectivity index is 2.67. The van der Waals surface area contributed by atoms with Crippen molar-refractivity contribution in [2.45, 2.75) is 20.3 Å². The van der Waals surface area contributed by atoms with Gasteiger partial charge in [-0.05, 0) is 13.0 Å². The average molecular weight is 232 g/mol. The van der Waals surface area contributed by atoms with Crippen LogP contribution in [0.2, 0.25) is 0 Å². The normalized spacial score (nSPS) is 10.5. The van der Waals surface area contributed by atoms with Crippen LogP contribution in [-0.4, -0.2) is 15.0 Å². The summed E-state index contributed by atoms with van der Waals surface area (Å²) in [6.45, 7) is 3.71. The summed E-state index contributed by atoms with van der Waals surface area (Å²) in [5.74, 6) is 0.595. The maximum Gasteiger partial charge on any atom is 0.150 e. The Kier molecular flexibility index (Phi) is 2.99. The summed E-state index contributed by atoms with van der Waals surface area (Å²) in [7, 11) is 0. The minimum Gasteiger partial charge on any atom is -0.383 e. The van der Waals surface area contributed by atoms with E-state index in [9.17, 15) is 4.39 Å². The molecule has 5 heteroatoms. The van der Waals surface area contributed by atoms with Crippen molar-refractivity contribution in [1.82, 2.24) is 15.0 Å². The summed E-state index contributed by atoms with van der Waals surface area (Å²) >= 11 is 0. The van der Waals surface area contributed by atoms with Gasteiger partial charge in [0.15, 0.2) is 5.82 Å². The minimum atomic E-state index is -0.407. The molecule has 88 valence electrons. The smallest absolute Gasteiger partial charge is 0.150 e. The van der Waals surface area contributed by atoms with Crippen LogP contribution in [0.15, 0.2) is 18.5 Å². The number of anilines is 1. The molecule has 0 aliphatic carbocycles. The molecule has 0 radical (unpaired) electrons. The first kappa shape index (κ1) is 11.4. The Morgan fingerprint density at radius 3 is 2.76 bits per heavy atom. The topological polar surface area (TPSA) is 64.7 Å². The first-order valence-electron chi connectivity index (χ1n) is 5.36. The van der Waals surface area contributed by atoms with Crippen molar-refractivity contribution in [3.63, 3.8) is 0 Å². The van der Waals surface area contributed by atoms with Gasteiger partial charge in [0, 0.05) is 23.7 Å². The highest BCUT2D eigenvalue weighted by Gasteiger charge is 2.13. The van der Waals surface area contributed by atoms with Gasteiger partial charge in [-0.25, -0.2) is 14.4 Å². The van der Waals surface area contributed by atoms with Crippen LogP contribution in [0.5, 0.6) is 0 Å². The molecule has 0 bridgehead atoms. The van der Waals surface area contributed by atoms with E-state index in [1.54, 1.807) is 13.0 Å². The summed E-state index contributed by atoms with van der Waals surface area (Å²) in [6.07, 6.45) is 3.35. The van der Waals surface area contributed by atoms with E-state index in [0.717, 1.165) is 0 Å². The fourth-order valence-corrected chi connectivity index (χ4v) is 1.57. The Labute approximate surface area is 98.7 Å². The third kappa shape index (κ3) is 2.08. The maximum atomic E-state index is 13.7. The predicted octanol–water partition coefficient (Wildman–Crippen LogP) is 2.13. The molecule has 0 atom stereocenters. The average Bonchev–Trinajstić information content (AvgIpc) is 2.33. The molecule has 2 N–H and O–H groups in total. The van der Waals surface area contributed by atoms with Gasteiger partial charge in [-0.2, -0.15) is 0 Å². The summed E-state index contributed by atoms with van der Waals surface area (Å²) < 4.78 is 13.7. The van der Waals surface area contributed by atoms with E-state index in [0.29, 0.717) is 34.9 Å². The fourth-order valence-electron chi connectivity index (χ4n) is 1.57. The van der Waals surface area contributed by atoms with E-state index < -0.39 is 5.82 Å². The summed E-state index contributed by atoms with van der Waals surface area (Å²) in [6, 6.07) is 1.59. The van der Waals surface area contributed by atoms with E-state index in [4.69, 9.17) is 5.73 Å². The van der Waals surface area contributed by atoms with Gasteiger partial charge in [-0.1, -0.05) is 6.92 Å². The van der Waals surface area contributed by atoms with E-state index >= 15 is 0 Å². The lowest BCUT2D eigenvalue weighted by Crippen LogP contribution is -2.05. The fraction of sp³-hybridized carbons (Fsp3) is 0.250. The zero-order chi connectivity index (χ0) is 12.4. The molecule has 2 aromatic rings. The van der Waals surface area contributed by atoms with E-state index in [1.165, 1.54) is 12.4 Å². The van der Waals surface area contributed by atoms with Crippen LogP contribution in [0.4, 0.5) is 10.2 Å². The van der Waals surface area contributed by atoms with E-state index in [1.807, 2.05) is 6.92 Å². The van der Waals surface area contributed by atoms with Crippen molar-refractivity contribution in [3.8, 4) is 11.3 Å². The number of nitrogen functional groups attached to an aromatic ring is 1. The number of aromatic nitrogens is 3. The second-order valence-corrected chi connectivity index (χ2v) is 3.71.